The minimum atomic E-state index is -0.901. The van der Waals surface area contributed by atoms with E-state index in [2.05, 4.69) is 10.3 Å². The lowest BCUT2D eigenvalue weighted by molar-refractivity contribution is 0.0696. The molecule has 0 saturated carbocycles. The maximum Gasteiger partial charge on any atom is 0.335 e. The Kier molecular flexibility index (Phi) is 4.04. The van der Waals surface area contributed by atoms with Gasteiger partial charge in [0.05, 0.1) is 11.3 Å². The highest BCUT2D eigenvalue weighted by Gasteiger charge is 2.02. The highest BCUT2D eigenvalue weighted by Crippen LogP contribution is 2.05. The first-order valence-electron chi connectivity index (χ1n) is 5.68. The minimum Gasteiger partial charge on any atom is -0.478 e. The number of rotatable bonds is 5. The van der Waals surface area contributed by atoms with Gasteiger partial charge in [0.15, 0.2) is 0 Å². The number of nitrogens with zero attached hydrogens (tertiary/aromatic N) is 1. The fourth-order valence-corrected chi connectivity index (χ4v) is 1.65. The molecule has 0 saturated heterocycles. The van der Waals surface area contributed by atoms with Gasteiger partial charge in [0.1, 0.15) is 0 Å². The molecule has 0 fully saturated rings. The molecule has 0 amide bonds. The highest BCUT2D eigenvalue weighted by molar-refractivity contribution is 5.87. The van der Waals surface area contributed by atoms with Crippen LogP contribution in [0.2, 0.25) is 0 Å². The number of nitrogens with one attached hydrogen (secondary N) is 1. The number of carbonyl (C=O) groups is 1. The van der Waals surface area contributed by atoms with Crippen LogP contribution in [0, 0.1) is 0 Å². The molecule has 2 rings (SSSR count). The fourth-order valence-electron chi connectivity index (χ4n) is 1.65. The Labute approximate surface area is 105 Å². The standard InChI is InChI=1S/C14H14N2O2/c17-14(18)12-5-3-4-11(8-12)9-15-10-13-6-1-2-7-16-13/h1-8,15H,9-10H2,(H,17,18). The van der Waals surface area contributed by atoms with Crippen molar-refractivity contribution >= 4 is 5.97 Å². The zero-order valence-electron chi connectivity index (χ0n) is 9.84. The molecule has 0 spiro atoms. The summed E-state index contributed by atoms with van der Waals surface area (Å²) in [5.74, 6) is -0.901. The number of pyridine rings is 1. The lowest BCUT2D eigenvalue weighted by Gasteiger charge is -2.05. The first-order chi connectivity index (χ1) is 8.75. The van der Waals surface area contributed by atoms with Gasteiger partial charge < -0.3 is 10.4 Å². The normalized spacial score (nSPS) is 10.2. The van der Waals surface area contributed by atoms with Crippen molar-refractivity contribution < 1.29 is 9.90 Å². The van der Waals surface area contributed by atoms with E-state index in [1.807, 2.05) is 24.3 Å². The van der Waals surface area contributed by atoms with Crippen LogP contribution in [0.5, 0.6) is 0 Å². The van der Waals surface area contributed by atoms with Crippen molar-refractivity contribution in [1.29, 1.82) is 0 Å². The summed E-state index contributed by atoms with van der Waals surface area (Å²) in [6.07, 6.45) is 1.75. The van der Waals surface area contributed by atoms with Crippen LogP contribution in [0.4, 0.5) is 0 Å². The van der Waals surface area contributed by atoms with Gasteiger partial charge >= 0.3 is 5.97 Å². The molecule has 2 aromatic rings. The van der Waals surface area contributed by atoms with E-state index in [0.29, 0.717) is 18.7 Å². The summed E-state index contributed by atoms with van der Waals surface area (Å²) >= 11 is 0. The van der Waals surface area contributed by atoms with E-state index in [0.717, 1.165) is 11.3 Å². The van der Waals surface area contributed by atoms with Crippen LogP contribution in [0.25, 0.3) is 0 Å². The van der Waals surface area contributed by atoms with Gasteiger partial charge in [-0.3, -0.25) is 4.98 Å². The number of aromatic carboxylic acids is 1. The predicted octanol–water partition coefficient (Wildman–Crippen LogP) is 2.07. The largest absolute Gasteiger partial charge is 0.478 e. The van der Waals surface area contributed by atoms with Crippen LogP contribution in [0.1, 0.15) is 21.6 Å². The van der Waals surface area contributed by atoms with Gasteiger partial charge in [-0.15, -0.1) is 0 Å². The van der Waals surface area contributed by atoms with Gasteiger partial charge in [0, 0.05) is 19.3 Å². The average Bonchev–Trinajstić information content (AvgIpc) is 2.40. The molecular formula is C14H14N2O2. The van der Waals surface area contributed by atoms with Crippen molar-refractivity contribution in [3.05, 3.63) is 65.5 Å². The quantitative estimate of drug-likeness (QED) is 0.842. The third-order valence-electron chi connectivity index (χ3n) is 2.54. The molecule has 0 radical (unpaired) electrons. The van der Waals surface area contributed by atoms with Crippen LogP contribution in [0.15, 0.2) is 48.7 Å². The Morgan fingerprint density at radius 2 is 2.06 bits per heavy atom. The van der Waals surface area contributed by atoms with E-state index in [9.17, 15) is 4.79 Å². The molecule has 0 aliphatic heterocycles. The van der Waals surface area contributed by atoms with Crippen LogP contribution < -0.4 is 5.32 Å². The summed E-state index contributed by atoms with van der Waals surface area (Å²) in [7, 11) is 0. The molecule has 1 aromatic heterocycles. The Morgan fingerprint density at radius 1 is 1.17 bits per heavy atom. The summed E-state index contributed by atoms with van der Waals surface area (Å²) in [5, 5.41) is 12.1. The summed E-state index contributed by atoms with van der Waals surface area (Å²) in [6.45, 7) is 1.29. The Hall–Kier alpha value is -2.20. The molecule has 92 valence electrons. The number of carboxylic acid groups (broad SMARTS) is 1. The first-order valence-corrected chi connectivity index (χ1v) is 5.68. The number of hydrogen-bond acceptors (Lipinski definition) is 3. The SMILES string of the molecule is O=C(O)c1cccc(CNCc2ccccn2)c1. The molecule has 2 N–H and O–H groups in total. The Morgan fingerprint density at radius 3 is 2.78 bits per heavy atom. The molecule has 18 heavy (non-hydrogen) atoms. The molecule has 4 heteroatoms. The van der Waals surface area contributed by atoms with E-state index >= 15 is 0 Å². The maximum atomic E-state index is 10.8. The topological polar surface area (TPSA) is 62.2 Å². The Balaban J connectivity index is 1.90. The zero-order valence-corrected chi connectivity index (χ0v) is 9.84. The molecule has 0 aliphatic carbocycles. The van der Waals surface area contributed by atoms with Gasteiger partial charge in [0.2, 0.25) is 0 Å². The highest BCUT2D eigenvalue weighted by atomic mass is 16.4. The van der Waals surface area contributed by atoms with Crippen molar-refractivity contribution in [3.63, 3.8) is 0 Å². The van der Waals surface area contributed by atoms with Crippen LogP contribution >= 0.6 is 0 Å². The molecule has 0 bridgehead atoms. The van der Waals surface area contributed by atoms with Gasteiger partial charge in [0.25, 0.3) is 0 Å². The molecule has 0 unspecified atom stereocenters. The van der Waals surface area contributed by atoms with Gasteiger partial charge in [-0.1, -0.05) is 18.2 Å². The molecule has 1 aromatic carbocycles. The smallest absolute Gasteiger partial charge is 0.335 e. The number of carboxylic acids is 1. The summed E-state index contributed by atoms with van der Waals surface area (Å²) in [5.41, 5.74) is 2.23. The first kappa shape index (κ1) is 12.3. The third kappa shape index (κ3) is 3.40. The van der Waals surface area contributed by atoms with E-state index in [4.69, 9.17) is 5.11 Å². The zero-order chi connectivity index (χ0) is 12.8. The van der Waals surface area contributed by atoms with Crippen LogP contribution in [-0.4, -0.2) is 16.1 Å². The molecule has 0 aliphatic rings. The lowest BCUT2D eigenvalue weighted by atomic mass is 10.1. The monoisotopic (exact) mass is 242 g/mol. The number of benzene rings is 1. The number of aromatic nitrogens is 1. The van der Waals surface area contributed by atoms with Crippen LogP contribution in [0.3, 0.4) is 0 Å². The van der Waals surface area contributed by atoms with Gasteiger partial charge in [-0.25, -0.2) is 4.79 Å². The van der Waals surface area contributed by atoms with E-state index in [1.54, 1.807) is 24.4 Å². The summed E-state index contributed by atoms with van der Waals surface area (Å²) < 4.78 is 0. The van der Waals surface area contributed by atoms with Gasteiger partial charge in [-0.2, -0.15) is 0 Å². The molecule has 4 nitrogen and oxygen atoms in total. The van der Waals surface area contributed by atoms with Gasteiger partial charge in [-0.05, 0) is 29.8 Å². The molecular weight excluding hydrogens is 228 g/mol. The molecule has 1 heterocycles. The summed E-state index contributed by atoms with van der Waals surface area (Å²) in [4.78, 5) is 15.0. The Bertz CT molecular complexity index is 526. The maximum absolute atomic E-state index is 10.8. The summed E-state index contributed by atoms with van der Waals surface area (Å²) in [6, 6.07) is 12.7. The van der Waals surface area contributed by atoms with E-state index in [1.165, 1.54) is 0 Å². The van der Waals surface area contributed by atoms with Crippen LogP contribution in [-0.2, 0) is 13.1 Å². The average molecular weight is 242 g/mol. The predicted molar refractivity (Wildman–Crippen MR) is 68.2 cm³/mol. The second-order valence-electron chi connectivity index (χ2n) is 3.93. The fraction of sp³-hybridized carbons (Fsp3) is 0.143. The second kappa shape index (κ2) is 5.93. The lowest BCUT2D eigenvalue weighted by Crippen LogP contribution is -2.13. The minimum absolute atomic E-state index is 0.312. The number of hydrogen-bond donors (Lipinski definition) is 2. The van der Waals surface area contributed by atoms with Crippen molar-refractivity contribution in [2.75, 3.05) is 0 Å². The van der Waals surface area contributed by atoms with Crippen molar-refractivity contribution in [1.82, 2.24) is 10.3 Å². The van der Waals surface area contributed by atoms with E-state index in [-0.39, 0.29) is 0 Å². The van der Waals surface area contributed by atoms with Crippen molar-refractivity contribution in [2.24, 2.45) is 0 Å². The van der Waals surface area contributed by atoms with Crippen molar-refractivity contribution in [2.45, 2.75) is 13.1 Å². The second-order valence-corrected chi connectivity index (χ2v) is 3.93. The third-order valence-corrected chi connectivity index (χ3v) is 2.54. The molecule has 0 atom stereocenters. The van der Waals surface area contributed by atoms with Crippen molar-refractivity contribution in [3.8, 4) is 0 Å². The van der Waals surface area contributed by atoms with E-state index < -0.39 is 5.97 Å².